The second-order valence-corrected chi connectivity index (χ2v) is 8.47. The van der Waals surface area contributed by atoms with E-state index in [0.29, 0.717) is 30.9 Å². The van der Waals surface area contributed by atoms with Crippen LogP contribution in [0.2, 0.25) is 0 Å². The van der Waals surface area contributed by atoms with Crippen LogP contribution >= 0.6 is 11.8 Å². The van der Waals surface area contributed by atoms with E-state index in [1.165, 1.54) is 11.8 Å². The molecule has 0 unspecified atom stereocenters. The van der Waals surface area contributed by atoms with Gasteiger partial charge in [-0.2, -0.15) is 0 Å². The van der Waals surface area contributed by atoms with Crippen molar-refractivity contribution in [3.8, 4) is 5.75 Å². The molecule has 156 valence electrons. The molecule has 2 atom stereocenters. The molecule has 1 fully saturated rings. The van der Waals surface area contributed by atoms with E-state index >= 15 is 0 Å². The number of thioether (sulfide) groups is 1. The summed E-state index contributed by atoms with van der Waals surface area (Å²) in [5.74, 6) is -0.351. The van der Waals surface area contributed by atoms with Crippen molar-refractivity contribution in [2.24, 2.45) is 5.92 Å². The molecule has 7 nitrogen and oxygen atoms in total. The van der Waals surface area contributed by atoms with Crippen molar-refractivity contribution in [2.75, 3.05) is 30.8 Å². The number of nitrogens with zero attached hydrogens (tertiary/aromatic N) is 1. The maximum absolute atomic E-state index is 13.1. The average Bonchev–Trinajstić information content (AvgIpc) is 2.78. The monoisotopic (exact) mass is 425 g/mol. The Balaban J connectivity index is 1.41. The fourth-order valence-corrected chi connectivity index (χ4v) is 4.79. The molecule has 2 heterocycles. The van der Waals surface area contributed by atoms with Gasteiger partial charge in [0.05, 0.1) is 18.7 Å². The molecule has 8 heteroatoms. The summed E-state index contributed by atoms with van der Waals surface area (Å²) in [5, 5.41) is 4.88. The third kappa shape index (κ3) is 4.28. The minimum absolute atomic E-state index is 0.133. The van der Waals surface area contributed by atoms with Gasteiger partial charge in [0.15, 0.2) is 5.25 Å². The van der Waals surface area contributed by atoms with Crippen LogP contribution < -0.4 is 15.4 Å². The van der Waals surface area contributed by atoms with Crippen molar-refractivity contribution in [1.29, 1.82) is 0 Å². The molecule has 0 spiro atoms. The van der Waals surface area contributed by atoms with E-state index in [2.05, 4.69) is 10.6 Å². The zero-order chi connectivity index (χ0) is 21.1. The van der Waals surface area contributed by atoms with Crippen LogP contribution in [0.5, 0.6) is 5.75 Å². The number of hydrogen-bond donors (Lipinski definition) is 2. The molecule has 2 aromatic carbocycles. The van der Waals surface area contributed by atoms with Crippen molar-refractivity contribution in [3.05, 3.63) is 48.5 Å². The number of likely N-dealkylation sites (tertiary alicyclic amines) is 1. The van der Waals surface area contributed by atoms with Gasteiger partial charge in [-0.25, -0.2) is 0 Å². The quantitative estimate of drug-likeness (QED) is 0.736. The van der Waals surface area contributed by atoms with Gasteiger partial charge in [0, 0.05) is 29.7 Å². The summed E-state index contributed by atoms with van der Waals surface area (Å²) in [6.07, 6.45) is 1.42. The molecule has 0 bridgehead atoms. The minimum atomic E-state index is -0.833. The van der Waals surface area contributed by atoms with Gasteiger partial charge in [0.25, 0.3) is 0 Å². The Morgan fingerprint density at radius 3 is 2.87 bits per heavy atom. The maximum Gasteiger partial charge on any atom is 0.247 e. The highest BCUT2D eigenvalue weighted by Gasteiger charge is 2.38. The number of rotatable bonds is 4. The maximum atomic E-state index is 13.1. The molecular formula is C22H23N3O4S. The number of nitrogens with one attached hydrogen (secondary N) is 2. The molecular weight excluding hydrogens is 402 g/mol. The van der Waals surface area contributed by atoms with Crippen molar-refractivity contribution in [1.82, 2.24) is 4.90 Å². The highest BCUT2D eigenvalue weighted by atomic mass is 32.2. The second kappa shape index (κ2) is 8.79. The van der Waals surface area contributed by atoms with Crippen LogP contribution in [0.1, 0.15) is 12.8 Å². The van der Waals surface area contributed by atoms with Gasteiger partial charge in [-0.3, -0.25) is 14.4 Å². The summed E-state index contributed by atoms with van der Waals surface area (Å²) in [6, 6.07) is 14.6. The first-order chi connectivity index (χ1) is 14.5. The predicted octanol–water partition coefficient (Wildman–Crippen LogP) is 2.99. The first-order valence-corrected chi connectivity index (χ1v) is 10.7. The van der Waals surface area contributed by atoms with Crippen molar-refractivity contribution >= 4 is 40.9 Å². The smallest absolute Gasteiger partial charge is 0.247 e. The van der Waals surface area contributed by atoms with E-state index < -0.39 is 5.25 Å². The Labute approximate surface area is 179 Å². The summed E-state index contributed by atoms with van der Waals surface area (Å²) in [4.78, 5) is 40.9. The van der Waals surface area contributed by atoms with Gasteiger partial charge in [-0.15, -0.1) is 11.8 Å². The lowest BCUT2D eigenvalue weighted by Gasteiger charge is -2.35. The van der Waals surface area contributed by atoms with Gasteiger partial charge >= 0.3 is 0 Å². The minimum Gasteiger partial charge on any atom is -0.497 e. The Morgan fingerprint density at radius 1 is 1.20 bits per heavy atom. The molecule has 2 aliphatic heterocycles. The Hall–Kier alpha value is -3.00. The molecule has 30 heavy (non-hydrogen) atoms. The average molecular weight is 426 g/mol. The number of hydrogen-bond acceptors (Lipinski definition) is 5. The lowest BCUT2D eigenvalue weighted by atomic mass is 9.96. The molecule has 2 aliphatic rings. The molecule has 1 saturated heterocycles. The normalized spacial score (nSPS) is 20.7. The summed E-state index contributed by atoms with van der Waals surface area (Å²) >= 11 is 1.27. The van der Waals surface area contributed by atoms with E-state index in [1.54, 1.807) is 24.1 Å². The zero-order valence-electron chi connectivity index (χ0n) is 16.6. The SMILES string of the molecule is COc1cccc(NC(=O)[C@@H]2CCCN(C(=O)[C@@H]3Sc4ccccc4NC3=O)C2)c1. The molecule has 0 radical (unpaired) electrons. The standard InChI is InChI=1S/C22H23N3O4S/c1-29-16-8-4-7-15(12-16)23-20(26)14-6-5-11-25(13-14)22(28)19-21(27)24-17-9-2-3-10-18(17)30-19/h2-4,7-10,12,14,19H,5-6,11,13H2,1H3,(H,23,26)(H,24,27)/t14-,19-/m1/s1. The number of para-hydroxylation sites is 1. The van der Waals surface area contributed by atoms with Crippen LogP contribution in [0.25, 0.3) is 0 Å². The number of benzene rings is 2. The van der Waals surface area contributed by atoms with Gasteiger partial charge < -0.3 is 20.3 Å². The number of ether oxygens (including phenoxy) is 1. The number of fused-ring (bicyclic) bond motifs is 1. The lowest BCUT2D eigenvalue weighted by molar-refractivity contribution is -0.136. The Morgan fingerprint density at radius 2 is 2.03 bits per heavy atom. The molecule has 3 amide bonds. The number of methoxy groups -OCH3 is 1. The molecule has 0 aliphatic carbocycles. The first-order valence-electron chi connectivity index (χ1n) is 9.85. The van der Waals surface area contributed by atoms with E-state index in [1.807, 2.05) is 36.4 Å². The van der Waals surface area contributed by atoms with Crippen LogP contribution in [-0.2, 0) is 14.4 Å². The number of carbonyl (C=O) groups is 3. The van der Waals surface area contributed by atoms with Crippen LogP contribution in [0.3, 0.4) is 0 Å². The van der Waals surface area contributed by atoms with Gasteiger partial charge in [0.1, 0.15) is 5.75 Å². The van der Waals surface area contributed by atoms with Crippen molar-refractivity contribution in [3.63, 3.8) is 0 Å². The highest BCUT2D eigenvalue weighted by Crippen LogP contribution is 2.36. The zero-order valence-corrected chi connectivity index (χ0v) is 17.4. The van der Waals surface area contributed by atoms with E-state index in [-0.39, 0.29) is 23.6 Å². The largest absolute Gasteiger partial charge is 0.497 e. The Kier molecular flexibility index (Phi) is 5.94. The Bertz CT molecular complexity index is 980. The number of carbonyl (C=O) groups excluding carboxylic acids is 3. The van der Waals surface area contributed by atoms with E-state index in [9.17, 15) is 14.4 Å². The highest BCUT2D eigenvalue weighted by molar-refractivity contribution is 8.01. The topological polar surface area (TPSA) is 87.7 Å². The fraction of sp³-hybridized carbons (Fsp3) is 0.318. The van der Waals surface area contributed by atoms with Gasteiger partial charge in [0.2, 0.25) is 17.7 Å². The van der Waals surface area contributed by atoms with E-state index in [0.717, 1.165) is 17.0 Å². The van der Waals surface area contributed by atoms with Crippen molar-refractivity contribution < 1.29 is 19.1 Å². The number of piperidine rings is 1. The molecule has 2 aromatic rings. The predicted molar refractivity (Wildman–Crippen MR) is 116 cm³/mol. The van der Waals surface area contributed by atoms with Gasteiger partial charge in [-0.1, -0.05) is 18.2 Å². The first kappa shape index (κ1) is 20.3. The summed E-state index contributed by atoms with van der Waals surface area (Å²) in [6.45, 7) is 0.856. The molecule has 4 rings (SSSR count). The third-order valence-electron chi connectivity index (χ3n) is 5.29. The molecule has 0 aromatic heterocycles. The molecule has 0 saturated carbocycles. The fourth-order valence-electron chi connectivity index (χ4n) is 3.72. The van der Waals surface area contributed by atoms with Crippen LogP contribution in [-0.4, -0.2) is 48.1 Å². The van der Waals surface area contributed by atoms with Crippen LogP contribution in [0.4, 0.5) is 11.4 Å². The number of amides is 3. The van der Waals surface area contributed by atoms with Crippen LogP contribution in [0.15, 0.2) is 53.4 Å². The second-order valence-electron chi connectivity index (χ2n) is 7.33. The lowest BCUT2D eigenvalue weighted by Crippen LogP contribution is -2.50. The summed E-state index contributed by atoms with van der Waals surface area (Å²) in [5.41, 5.74) is 1.38. The molecule has 2 N–H and O–H groups in total. The van der Waals surface area contributed by atoms with Crippen LogP contribution in [0, 0.1) is 5.92 Å². The van der Waals surface area contributed by atoms with E-state index in [4.69, 9.17) is 4.74 Å². The number of anilines is 2. The van der Waals surface area contributed by atoms with Crippen molar-refractivity contribution in [2.45, 2.75) is 23.0 Å². The third-order valence-corrected chi connectivity index (χ3v) is 6.55. The summed E-state index contributed by atoms with van der Waals surface area (Å²) < 4.78 is 5.19. The summed E-state index contributed by atoms with van der Waals surface area (Å²) in [7, 11) is 1.57. The van der Waals surface area contributed by atoms with Gasteiger partial charge in [-0.05, 0) is 37.1 Å².